The number of aromatic nitrogens is 2. The van der Waals surface area contributed by atoms with E-state index in [1.807, 2.05) is 0 Å². The summed E-state index contributed by atoms with van der Waals surface area (Å²) in [6.07, 6.45) is 1.03. The Morgan fingerprint density at radius 3 is 2.79 bits per heavy atom. The van der Waals surface area contributed by atoms with Crippen LogP contribution in [0.4, 0.5) is 5.13 Å². The van der Waals surface area contributed by atoms with Crippen LogP contribution in [-0.4, -0.2) is 22.3 Å². The summed E-state index contributed by atoms with van der Waals surface area (Å²) in [5.41, 5.74) is 7.41. The van der Waals surface area contributed by atoms with Gasteiger partial charge in [0.15, 0.2) is 0 Å². The second-order valence-electron chi connectivity index (χ2n) is 4.23. The monoisotopic (exact) mass is 214 g/mol. The SMILES string of the molecule is CC(C)CC(C)(CN)Nc1nncs1. The highest BCUT2D eigenvalue weighted by molar-refractivity contribution is 7.13. The van der Waals surface area contributed by atoms with Gasteiger partial charge in [-0.25, -0.2) is 0 Å². The molecule has 1 heterocycles. The Hall–Kier alpha value is -0.680. The zero-order valence-electron chi connectivity index (χ0n) is 8.95. The predicted molar refractivity (Wildman–Crippen MR) is 60.4 cm³/mol. The smallest absolute Gasteiger partial charge is 0.205 e. The van der Waals surface area contributed by atoms with Crippen LogP contribution in [0, 0.1) is 5.92 Å². The quantitative estimate of drug-likeness (QED) is 0.783. The summed E-state index contributed by atoms with van der Waals surface area (Å²) in [5, 5.41) is 11.9. The summed E-state index contributed by atoms with van der Waals surface area (Å²) in [4.78, 5) is 0. The first-order chi connectivity index (χ1) is 6.56. The van der Waals surface area contributed by atoms with Crippen molar-refractivity contribution in [3.63, 3.8) is 0 Å². The first-order valence-corrected chi connectivity index (χ1v) is 5.68. The maximum atomic E-state index is 5.77. The lowest BCUT2D eigenvalue weighted by atomic mass is 9.91. The fraction of sp³-hybridized carbons (Fsp3) is 0.778. The molecule has 1 rings (SSSR count). The number of rotatable bonds is 5. The summed E-state index contributed by atoms with van der Waals surface area (Å²) in [6.45, 7) is 7.10. The normalized spacial score (nSPS) is 15.5. The van der Waals surface area contributed by atoms with E-state index in [9.17, 15) is 0 Å². The molecular formula is C9H18N4S. The van der Waals surface area contributed by atoms with Crippen LogP contribution in [0.3, 0.4) is 0 Å². The third-order valence-corrected chi connectivity index (χ3v) is 2.68. The maximum absolute atomic E-state index is 5.77. The molecule has 1 aromatic rings. The molecular weight excluding hydrogens is 196 g/mol. The van der Waals surface area contributed by atoms with Gasteiger partial charge in [0.1, 0.15) is 5.51 Å². The largest absolute Gasteiger partial charge is 0.354 e. The minimum atomic E-state index is -0.0757. The molecule has 0 aromatic carbocycles. The van der Waals surface area contributed by atoms with Crippen molar-refractivity contribution in [1.29, 1.82) is 0 Å². The maximum Gasteiger partial charge on any atom is 0.205 e. The van der Waals surface area contributed by atoms with Crippen LogP contribution in [0.5, 0.6) is 0 Å². The standard InChI is InChI=1S/C9H18N4S/c1-7(2)4-9(3,5-10)12-8-13-11-6-14-8/h6-7H,4-5,10H2,1-3H3,(H,12,13). The second kappa shape index (κ2) is 4.70. The third-order valence-electron chi connectivity index (χ3n) is 2.08. The van der Waals surface area contributed by atoms with Crippen molar-refractivity contribution in [3.05, 3.63) is 5.51 Å². The van der Waals surface area contributed by atoms with E-state index in [1.54, 1.807) is 5.51 Å². The first kappa shape index (κ1) is 11.4. The number of nitrogens with one attached hydrogen (secondary N) is 1. The number of nitrogens with two attached hydrogens (primary N) is 1. The third kappa shape index (κ3) is 3.23. The van der Waals surface area contributed by atoms with Gasteiger partial charge < -0.3 is 11.1 Å². The molecule has 0 aliphatic carbocycles. The molecule has 0 saturated heterocycles. The van der Waals surface area contributed by atoms with Gasteiger partial charge in [-0.15, -0.1) is 10.2 Å². The van der Waals surface area contributed by atoms with E-state index in [2.05, 4.69) is 36.3 Å². The van der Waals surface area contributed by atoms with E-state index >= 15 is 0 Å². The minimum Gasteiger partial charge on any atom is -0.354 e. The summed E-state index contributed by atoms with van der Waals surface area (Å²) >= 11 is 1.50. The zero-order chi connectivity index (χ0) is 10.6. The highest BCUT2D eigenvalue weighted by atomic mass is 32.1. The molecule has 1 aromatic heterocycles. The van der Waals surface area contributed by atoms with Crippen molar-refractivity contribution in [3.8, 4) is 0 Å². The van der Waals surface area contributed by atoms with Crippen LogP contribution in [0.1, 0.15) is 27.2 Å². The first-order valence-electron chi connectivity index (χ1n) is 4.80. The molecule has 0 aliphatic rings. The van der Waals surface area contributed by atoms with E-state index in [0.29, 0.717) is 12.5 Å². The number of nitrogens with zero attached hydrogens (tertiary/aromatic N) is 2. The molecule has 14 heavy (non-hydrogen) atoms. The average molecular weight is 214 g/mol. The van der Waals surface area contributed by atoms with Crippen molar-refractivity contribution in [2.45, 2.75) is 32.7 Å². The van der Waals surface area contributed by atoms with Crippen molar-refractivity contribution in [2.24, 2.45) is 11.7 Å². The summed E-state index contributed by atoms with van der Waals surface area (Å²) in [5.74, 6) is 0.615. The Labute approximate surface area is 88.9 Å². The predicted octanol–water partition coefficient (Wildman–Crippen LogP) is 1.71. The van der Waals surface area contributed by atoms with Crippen LogP contribution in [0.15, 0.2) is 5.51 Å². The summed E-state index contributed by atoms with van der Waals surface area (Å²) < 4.78 is 0. The lowest BCUT2D eigenvalue weighted by Gasteiger charge is -2.30. The number of hydrogen-bond acceptors (Lipinski definition) is 5. The van der Waals surface area contributed by atoms with Crippen molar-refractivity contribution < 1.29 is 0 Å². The van der Waals surface area contributed by atoms with E-state index in [4.69, 9.17) is 5.73 Å². The van der Waals surface area contributed by atoms with Crippen LogP contribution in [0.25, 0.3) is 0 Å². The Bertz CT molecular complexity index is 260. The van der Waals surface area contributed by atoms with E-state index in [-0.39, 0.29) is 5.54 Å². The van der Waals surface area contributed by atoms with Crippen LogP contribution in [-0.2, 0) is 0 Å². The molecule has 0 spiro atoms. The van der Waals surface area contributed by atoms with Gasteiger partial charge >= 0.3 is 0 Å². The van der Waals surface area contributed by atoms with Gasteiger partial charge in [-0.2, -0.15) is 0 Å². The van der Waals surface area contributed by atoms with Gasteiger partial charge in [-0.3, -0.25) is 0 Å². The molecule has 0 aliphatic heterocycles. The highest BCUT2D eigenvalue weighted by Gasteiger charge is 2.24. The fourth-order valence-corrected chi connectivity index (χ4v) is 2.17. The Balaban J connectivity index is 2.61. The van der Waals surface area contributed by atoms with Gasteiger partial charge in [0, 0.05) is 12.1 Å². The van der Waals surface area contributed by atoms with Crippen molar-refractivity contribution >= 4 is 16.5 Å². The van der Waals surface area contributed by atoms with Crippen LogP contribution in [0.2, 0.25) is 0 Å². The topological polar surface area (TPSA) is 63.8 Å². The molecule has 0 fully saturated rings. The Morgan fingerprint density at radius 2 is 2.36 bits per heavy atom. The summed E-state index contributed by atoms with van der Waals surface area (Å²) in [6, 6.07) is 0. The number of anilines is 1. The fourth-order valence-electron chi connectivity index (χ4n) is 1.57. The second-order valence-corrected chi connectivity index (χ2v) is 5.06. The molecule has 4 nitrogen and oxygen atoms in total. The van der Waals surface area contributed by atoms with Gasteiger partial charge in [0.2, 0.25) is 5.13 Å². The molecule has 1 unspecified atom stereocenters. The van der Waals surface area contributed by atoms with E-state index in [0.717, 1.165) is 11.6 Å². The molecule has 0 radical (unpaired) electrons. The minimum absolute atomic E-state index is 0.0757. The molecule has 1 atom stereocenters. The lowest BCUT2D eigenvalue weighted by molar-refractivity contribution is 0.406. The van der Waals surface area contributed by atoms with Gasteiger partial charge in [0.25, 0.3) is 0 Å². The van der Waals surface area contributed by atoms with E-state index < -0.39 is 0 Å². The van der Waals surface area contributed by atoms with E-state index in [1.165, 1.54) is 11.3 Å². The summed E-state index contributed by atoms with van der Waals surface area (Å²) in [7, 11) is 0. The molecule has 5 heteroatoms. The Morgan fingerprint density at radius 1 is 1.64 bits per heavy atom. The van der Waals surface area contributed by atoms with Crippen LogP contribution < -0.4 is 11.1 Å². The van der Waals surface area contributed by atoms with Crippen molar-refractivity contribution in [2.75, 3.05) is 11.9 Å². The van der Waals surface area contributed by atoms with Crippen molar-refractivity contribution in [1.82, 2.24) is 10.2 Å². The zero-order valence-corrected chi connectivity index (χ0v) is 9.77. The van der Waals surface area contributed by atoms with Gasteiger partial charge in [-0.05, 0) is 19.3 Å². The van der Waals surface area contributed by atoms with Gasteiger partial charge in [0.05, 0.1) is 0 Å². The average Bonchev–Trinajstić information content (AvgIpc) is 2.55. The van der Waals surface area contributed by atoms with Gasteiger partial charge in [-0.1, -0.05) is 25.2 Å². The lowest BCUT2D eigenvalue weighted by Crippen LogP contribution is -2.43. The molecule has 80 valence electrons. The molecule has 3 N–H and O–H groups in total. The van der Waals surface area contributed by atoms with Crippen LogP contribution >= 0.6 is 11.3 Å². The highest BCUT2D eigenvalue weighted by Crippen LogP contribution is 2.22. The number of hydrogen-bond donors (Lipinski definition) is 2. The Kier molecular flexibility index (Phi) is 3.83. The molecule has 0 saturated carbocycles. The molecule has 0 amide bonds. The molecule has 0 bridgehead atoms.